The number of hydrogen-bond acceptors (Lipinski definition) is 4. The summed E-state index contributed by atoms with van der Waals surface area (Å²) in [6.07, 6.45) is 2.06. The SMILES string of the molecule is CCN(CCCN(C)C)CCC(C)(C#N)NC. The summed E-state index contributed by atoms with van der Waals surface area (Å²) in [5.74, 6) is 0. The molecule has 0 bridgehead atoms. The Bertz CT molecular complexity index is 234. The maximum Gasteiger partial charge on any atom is 0.104 e. The number of nitrogens with zero attached hydrogens (tertiary/aromatic N) is 3. The lowest BCUT2D eigenvalue weighted by Gasteiger charge is -2.26. The summed E-state index contributed by atoms with van der Waals surface area (Å²) < 4.78 is 0. The molecule has 1 N–H and O–H groups in total. The standard InChI is InChI=1S/C13H28N4/c1-6-17(10-7-9-16(4)5)11-8-13(2,12-14)15-3/h15H,6-11H2,1-5H3. The molecule has 0 aliphatic carbocycles. The molecule has 0 saturated carbocycles. The van der Waals surface area contributed by atoms with E-state index >= 15 is 0 Å². The molecule has 4 heteroatoms. The Labute approximate surface area is 107 Å². The van der Waals surface area contributed by atoms with Crippen molar-refractivity contribution in [3.8, 4) is 6.07 Å². The second-order valence-electron chi connectivity index (χ2n) is 5.04. The van der Waals surface area contributed by atoms with Crippen molar-refractivity contribution in [2.45, 2.75) is 32.2 Å². The Hall–Kier alpha value is -0.630. The third-order valence-electron chi connectivity index (χ3n) is 3.25. The third kappa shape index (κ3) is 7.32. The van der Waals surface area contributed by atoms with Crippen molar-refractivity contribution in [3.63, 3.8) is 0 Å². The van der Waals surface area contributed by atoms with Crippen LogP contribution in [0.4, 0.5) is 0 Å². The number of rotatable bonds is 9. The Morgan fingerprint density at radius 2 is 1.88 bits per heavy atom. The van der Waals surface area contributed by atoms with Gasteiger partial charge in [-0.05, 0) is 60.5 Å². The van der Waals surface area contributed by atoms with Gasteiger partial charge in [-0.25, -0.2) is 0 Å². The molecule has 0 fully saturated rings. The quantitative estimate of drug-likeness (QED) is 0.656. The van der Waals surface area contributed by atoms with Gasteiger partial charge in [0.1, 0.15) is 5.54 Å². The predicted octanol–water partition coefficient (Wildman–Crippen LogP) is 1.15. The van der Waals surface area contributed by atoms with Crippen LogP contribution in [-0.4, -0.2) is 62.7 Å². The van der Waals surface area contributed by atoms with Gasteiger partial charge in [-0.15, -0.1) is 0 Å². The molecule has 0 aliphatic heterocycles. The average molecular weight is 240 g/mol. The lowest BCUT2D eigenvalue weighted by atomic mass is 10.00. The molecule has 0 heterocycles. The number of nitrogens with one attached hydrogen (secondary N) is 1. The molecule has 0 radical (unpaired) electrons. The van der Waals surface area contributed by atoms with E-state index in [-0.39, 0.29) is 0 Å². The van der Waals surface area contributed by atoms with Crippen LogP contribution in [0.5, 0.6) is 0 Å². The first kappa shape index (κ1) is 16.4. The molecule has 0 rings (SSSR count). The summed E-state index contributed by atoms with van der Waals surface area (Å²) in [4.78, 5) is 4.62. The maximum absolute atomic E-state index is 9.08. The van der Waals surface area contributed by atoms with Gasteiger partial charge in [0.2, 0.25) is 0 Å². The van der Waals surface area contributed by atoms with E-state index in [1.165, 1.54) is 6.42 Å². The molecule has 0 aromatic carbocycles. The first-order valence-electron chi connectivity index (χ1n) is 6.44. The van der Waals surface area contributed by atoms with Crippen LogP contribution < -0.4 is 5.32 Å². The van der Waals surface area contributed by atoms with Crippen LogP contribution >= 0.6 is 0 Å². The molecule has 1 unspecified atom stereocenters. The normalized spacial score (nSPS) is 14.9. The lowest BCUT2D eigenvalue weighted by Crippen LogP contribution is -2.42. The van der Waals surface area contributed by atoms with Crippen molar-refractivity contribution < 1.29 is 0 Å². The fourth-order valence-electron chi connectivity index (χ4n) is 1.66. The van der Waals surface area contributed by atoms with Gasteiger partial charge in [0, 0.05) is 6.54 Å². The van der Waals surface area contributed by atoms with E-state index in [2.05, 4.69) is 42.2 Å². The molecule has 0 spiro atoms. The second kappa shape index (κ2) is 8.46. The van der Waals surface area contributed by atoms with Gasteiger partial charge in [0.25, 0.3) is 0 Å². The largest absolute Gasteiger partial charge is 0.309 e. The van der Waals surface area contributed by atoms with Gasteiger partial charge in [0.05, 0.1) is 6.07 Å². The van der Waals surface area contributed by atoms with Crippen molar-refractivity contribution in [2.24, 2.45) is 0 Å². The Morgan fingerprint density at radius 1 is 1.24 bits per heavy atom. The first-order valence-corrected chi connectivity index (χ1v) is 6.44. The van der Waals surface area contributed by atoms with Gasteiger partial charge < -0.3 is 15.1 Å². The second-order valence-corrected chi connectivity index (χ2v) is 5.04. The summed E-state index contributed by atoms with van der Waals surface area (Å²) in [5, 5.41) is 12.2. The molecule has 0 amide bonds. The third-order valence-corrected chi connectivity index (χ3v) is 3.25. The zero-order valence-electron chi connectivity index (χ0n) is 12.1. The van der Waals surface area contributed by atoms with E-state index in [9.17, 15) is 0 Å². The topological polar surface area (TPSA) is 42.3 Å². The highest BCUT2D eigenvalue weighted by Crippen LogP contribution is 2.08. The van der Waals surface area contributed by atoms with Crippen molar-refractivity contribution in [3.05, 3.63) is 0 Å². The maximum atomic E-state index is 9.08. The van der Waals surface area contributed by atoms with E-state index in [4.69, 9.17) is 5.26 Å². The van der Waals surface area contributed by atoms with Gasteiger partial charge in [-0.3, -0.25) is 0 Å². The smallest absolute Gasteiger partial charge is 0.104 e. The Morgan fingerprint density at radius 3 is 2.29 bits per heavy atom. The molecule has 100 valence electrons. The van der Waals surface area contributed by atoms with Gasteiger partial charge in [-0.1, -0.05) is 6.92 Å². The van der Waals surface area contributed by atoms with E-state index in [0.29, 0.717) is 0 Å². The molecule has 0 aromatic rings. The molecule has 0 aliphatic rings. The van der Waals surface area contributed by atoms with Crippen LogP contribution in [0.2, 0.25) is 0 Å². The zero-order valence-corrected chi connectivity index (χ0v) is 12.1. The van der Waals surface area contributed by atoms with Crippen LogP contribution in [0.25, 0.3) is 0 Å². The van der Waals surface area contributed by atoms with Crippen LogP contribution in [0, 0.1) is 11.3 Å². The fraction of sp³-hybridized carbons (Fsp3) is 0.923. The van der Waals surface area contributed by atoms with Crippen molar-refractivity contribution in [1.82, 2.24) is 15.1 Å². The monoisotopic (exact) mass is 240 g/mol. The van der Waals surface area contributed by atoms with E-state index < -0.39 is 5.54 Å². The summed E-state index contributed by atoms with van der Waals surface area (Å²) in [7, 11) is 6.06. The summed E-state index contributed by atoms with van der Waals surface area (Å²) in [6, 6.07) is 2.34. The van der Waals surface area contributed by atoms with Gasteiger partial charge in [-0.2, -0.15) is 5.26 Å². The molecule has 0 aromatic heterocycles. The van der Waals surface area contributed by atoms with Gasteiger partial charge in [0.15, 0.2) is 0 Å². The van der Waals surface area contributed by atoms with Gasteiger partial charge >= 0.3 is 0 Å². The molecular formula is C13H28N4. The fourth-order valence-corrected chi connectivity index (χ4v) is 1.66. The Balaban J connectivity index is 3.94. The Kier molecular flexibility index (Phi) is 8.15. The lowest BCUT2D eigenvalue weighted by molar-refractivity contribution is 0.244. The molecule has 0 saturated heterocycles. The van der Waals surface area contributed by atoms with E-state index in [1.54, 1.807) is 0 Å². The highest BCUT2D eigenvalue weighted by molar-refractivity contribution is 5.03. The summed E-state index contributed by atoms with van der Waals surface area (Å²) in [5.41, 5.74) is -0.394. The van der Waals surface area contributed by atoms with Crippen LogP contribution in [0.1, 0.15) is 26.7 Å². The van der Waals surface area contributed by atoms with Crippen molar-refractivity contribution in [1.29, 1.82) is 5.26 Å². The number of nitriles is 1. The highest BCUT2D eigenvalue weighted by Gasteiger charge is 2.21. The minimum Gasteiger partial charge on any atom is -0.309 e. The summed E-state index contributed by atoms with van der Waals surface area (Å²) in [6.45, 7) is 8.41. The van der Waals surface area contributed by atoms with E-state index in [0.717, 1.165) is 32.6 Å². The highest BCUT2D eigenvalue weighted by atomic mass is 15.1. The van der Waals surface area contributed by atoms with Crippen molar-refractivity contribution in [2.75, 3.05) is 47.3 Å². The molecule has 1 atom stereocenters. The minimum absolute atomic E-state index is 0.394. The predicted molar refractivity (Wildman–Crippen MR) is 73.0 cm³/mol. The average Bonchev–Trinajstić information content (AvgIpc) is 2.32. The van der Waals surface area contributed by atoms with Crippen LogP contribution in [-0.2, 0) is 0 Å². The van der Waals surface area contributed by atoms with Crippen molar-refractivity contribution >= 4 is 0 Å². The molecular weight excluding hydrogens is 212 g/mol. The minimum atomic E-state index is -0.394. The first-order chi connectivity index (χ1) is 7.97. The molecule has 17 heavy (non-hydrogen) atoms. The summed E-state index contributed by atoms with van der Waals surface area (Å²) >= 11 is 0. The van der Waals surface area contributed by atoms with Crippen LogP contribution in [0.15, 0.2) is 0 Å². The zero-order chi connectivity index (χ0) is 13.3. The molecule has 4 nitrogen and oxygen atoms in total. The van der Waals surface area contributed by atoms with Crippen LogP contribution in [0.3, 0.4) is 0 Å². The van der Waals surface area contributed by atoms with E-state index in [1.807, 2.05) is 14.0 Å². The number of hydrogen-bond donors (Lipinski definition) is 1.